The molecule has 0 saturated carbocycles. The van der Waals surface area contributed by atoms with Crippen molar-refractivity contribution in [3.8, 4) is 17.4 Å². The van der Waals surface area contributed by atoms with Gasteiger partial charge in [0.25, 0.3) is 0 Å². The van der Waals surface area contributed by atoms with E-state index in [0.29, 0.717) is 39.2 Å². The van der Waals surface area contributed by atoms with Gasteiger partial charge in [0.2, 0.25) is 5.88 Å². The third-order valence-corrected chi connectivity index (χ3v) is 3.96. The first kappa shape index (κ1) is 16.6. The third-order valence-electron chi connectivity index (χ3n) is 3.15. The summed E-state index contributed by atoms with van der Waals surface area (Å²) in [6.45, 7) is 0.430. The zero-order valence-corrected chi connectivity index (χ0v) is 14.9. The fourth-order valence-electron chi connectivity index (χ4n) is 2.06. The Bertz CT molecular complexity index is 823. The van der Waals surface area contributed by atoms with Gasteiger partial charge in [-0.1, -0.05) is 41.9 Å². The van der Waals surface area contributed by atoms with Gasteiger partial charge in [-0.25, -0.2) is 4.98 Å². The number of nitrogens with zero attached hydrogens (tertiary/aromatic N) is 1. The molecule has 2 aromatic carbocycles. The highest BCUT2D eigenvalue weighted by molar-refractivity contribution is 9.10. The second kappa shape index (κ2) is 7.55. The Morgan fingerprint density at radius 2 is 1.88 bits per heavy atom. The van der Waals surface area contributed by atoms with Crippen LogP contribution in [0, 0.1) is 0 Å². The Labute approximate surface area is 153 Å². The molecule has 6 heteroatoms. The van der Waals surface area contributed by atoms with Crippen molar-refractivity contribution in [2.75, 3.05) is 5.73 Å². The molecule has 0 fully saturated rings. The van der Waals surface area contributed by atoms with Crippen molar-refractivity contribution >= 4 is 33.2 Å². The minimum absolute atomic E-state index is 0.430. The van der Waals surface area contributed by atoms with Crippen LogP contribution >= 0.6 is 27.5 Å². The number of anilines is 1. The lowest BCUT2D eigenvalue weighted by Crippen LogP contribution is -1.98. The van der Waals surface area contributed by atoms with Crippen LogP contribution in [0.2, 0.25) is 5.02 Å². The summed E-state index contributed by atoms with van der Waals surface area (Å²) >= 11 is 9.41. The van der Waals surface area contributed by atoms with Crippen molar-refractivity contribution in [3.63, 3.8) is 0 Å². The van der Waals surface area contributed by atoms with E-state index in [-0.39, 0.29) is 0 Å². The van der Waals surface area contributed by atoms with Crippen molar-refractivity contribution < 1.29 is 9.47 Å². The van der Waals surface area contributed by atoms with Crippen LogP contribution in [0.25, 0.3) is 0 Å². The Morgan fingerprint density at radius 1 is 1.08 bits per heavy atom. The number of aromatic nitrogens is 1. The van der Waals surface area contributed by atoms with Crippen molar-refractivity contribution in [1.82, 2.24) is 4.98 Å². The number of pyridine rings is 1. The molecule has 3 aromatic rings. The van der Waals surface area contributed by atoms with Crippen LogP contribution < -0.4 is 15.2 Å². The summed E-state index contributed by atoms with van der Waals surface area (Å²) in [5, 5.41) is 0.510. The lowest BCUT2D eigenvalue weighted by molar-refractivity contribution is 0.292. The number of halogens is 2. The lowest BCUT2D eigenvalue weighted by atomic mass is 10.2. The number of ether oxygens (including phenoxy) is 2. The Balaban J connectivity index is 1.76. The molecular weight excluding hydrogens is 392 g/mol. The maximum atomic E-state index is 6.00. The van der Waals surface area contributed by atoms with Crippen LogP contribution in [0.4, 0.5) is 5.69 Å². The molecule has 0 amide bonds. The minimum Gasteiger partial charge on any atom is -0.473 e. The van der Waals surface area contributed by atoms with Gasteiger partial charge < -0.3 is 15.2 Å². The second-order valence-corrected chi connectivity index (χ2v) is 6.34. The highest BCUT2D eigenvalue weighted by Gasteiger charge is 2.08. The maximum absolute atomic E-state index is 6.00. The van der Waals surface area contributed by atoms with Crippen LogP contribution in [0.15, 0.2) is 65.3 Å². The summed E-state index contributed by atoms with van der Waals surface area (Å²) in [5.74, 6) is 1.57. The minimum atomic E-state index is 0.430. The average molecular weight is 406 g/mol. The SMILES string of the molecule is Nc1cc(Cl)cc(Oc2cc(OCc3ccccc3)ncc2Br)c1. The van der Waals surface area contributed by atoms with Crippen molar-refractivity contribution in [2.24, 2.45) is 0 Å². The Morgan fingerprint density at radius 3 is 2.62 bits per heavy atom. The first-order valence-electron chi connectivity index (χ1n) is 7.16. The van der Waals surface area contributed by atoms with Gasteiger partial charge in [-0.2, -0.15) is 0 Å². The zero-order chi connectivity index (χ0) is 16.9. The number of hydrogen-bond acceptors (Lipinski definition) is 4. The van der Waals surface area contributed by atoms with Gasteiger partial charge in [0.05, 0.1) is 4.47 Å². The molecule has 122 valence electrons. The van der Waals surface area contributed by atoms with Crippen LogP contribution in [0.1, 0.15) is 5.56 Å². The molecular formula is C18H14BrClN2O2. The topological polar surface area (TPSA) is 57.4 Å². The quantitative estimate of drug-likeness (QED) is 0.573. The van der Waals surface area contributed by atoms with Crippen LogP contribution in [-0.2, 0) is 6.61 Å². The van der Waals surface area contributed by atoms with E-state index in [4.69, 9.17) is 26.8 Å². The lowest BCUT2D eigenvalue weighted by Gasteiger charge is -2.11. The Kier molecular flexibility index (Phi) is 5.23. The summed E-state index contributed by atoms with van der Waals surface area (Å²) in [5.41, 5.74) is 7.37. The van der Waals surface area contributed by atoms with Crippen molar-refractivity contribution in [2.45, 2.75) is 6.61 Å². The first-order chi connectivity index (χ1) is 11.6. The standard InChI is InChI=1S/C18H14BrClN2O2/c19-16-10-22-18(23-11-12-4-2-1-3-5-12)9-17(16)24-15-7-13(20)6-14(21)8-15/h1-10H,11,21H2. The summed E-state index contributed by atoms with van der Waals surface area (Å²) < 4.78 is 12.2. The fourth-order valence-corrected chi connectivity index (χ4v) is 2.59. The molecule has 0 spiro atoms. The molecule has 0 saturated heterocycles. The molecule has 0 aliphatic rings. The second-order valence-electron chi connectivity index (χ2n) is 5.05. The van der Waals surface area contributed by atoms with Crippen molar-refractivity contribution in [1.29, 1.82) is 0 Å². The van der Waals surface area contributed by atoms with Gasteiger partial charge in [0.15, 0.2) is 0 Å². The highest BCUT2D eigenvalue weighted by atomic mass is 79.9. The number of hydrogen-bond donors (Lipinski definition) is 1. The van der Waals surface area contributed by atoms with Crippen molar-refractivity contribution in [3.05, 3.63) is 75.9 Å². The molecule has 0 radical (unpaired) electrons. The molecule has 0 aliphatic heterocycles. The van der Waals surface area contributed by atoms with Gasteiger partial charge in [-0.05, 0) is 33.6 Å². The zero-order valence-electron chi connectivity index (χ0n) is 12.6. The monoisotopic (exact) mass is 404 g/mol. The first-order valence-corrected chi connectivity index (χ1v) is 8.33. The van der Waals surface area contributed by atoms with Crippen LogP contribution in [-0.4, -0.2) is 4.98 Å². The number of nitrogen functional groups attached to an aromatic ring is 1. The largest absolute Gasteiger partial charge is 0.473 e. The number of nitrogens with two attached hydrogens (primary N) is 1. The van der Waals surface area contributed by atoms with Gasteiger partial charge in [-0.15, -0.1) is 0 Å². The van der Waals surface area contributed by atoms with E-state index < -0.39 is 0 Å². The van der Waals surface area contributed by atoms with Gasteiger partial charge in [0.1, 0.15) is 18.1 Å². The summed E-state index contributed by atoms with van der Waals surface area (Å²) in [7, 11) is 0. The fraction of sp³-hybridized carbons (Fsp3) is 0.0556. The molecule has 24 heavy (non-hydrogen) atoms. The predicted molar refractivity (Wildman–Crippen MR) is 98.6 cm³/mol. The summed E-state index contributed by atoms with van der Waals surface area (Å²) in [6.07, 6.45) is 1.63. The Hall–Kier alpha value is -2.24. The number of benzene rings is 2. The molecule has 2 N–H and O–H groups in total. The third kappa shape index (κ3) is 4.40. The molecule has 3 rings (SSSR count). The maximum Gasteiger partial charge on any atom is 0.217 e. The van der Waals surface area contributed by atoms with E-state index in [1.165, 1.54) is 0 Å². The molecule has 0 unspecified atom stereocenters. The molecule has 1 heterocycles. The van der Waals surface area contributed by atoms with E-state index in [1.54, 1.807) is 30.5 Å². The normalized spacial score (nSPS) is 10.4. The van der Waals surface area contributed by atoms with Gasteiger partial charge in [-0.3, -0.25) is 0 Å². The summed E-state index contributed by atoms with van der Waals surface area (Å²) in [6, 6.07) is 16.6. The van der Waals surface area contributed by atoms with Crippen LogP contribution in [0.3, 0.4) is 0 Å². The molecule has 0 atom stereocenters. The summed E-state index contributed by atoms with van der Waals surface area (Å²) in [4.78, 5) is 4.23. The van der Waals surface area contributed by atoms with E-state index in [1.807, 2.05) is 30.3 Å². The predicted octanol–water partition coefficient (Wildman–Crippen LogP) is 5.45. The van der Waals surface area contributed by atoms with E-state index in [2.05, 4.69) is 20.9 Å². The van der Waals surface area contributed by atoms with Crippen LogP contribution in [0.5, 0.6) is 17.4 Å². The smallest absolute Gasteiger partial charge is 0.217 e. The van der Waals surface area contributed by atoms with Gasteiger partial charge in [0, 0.05) is 29.0 Å². The molecule has 4 nitrogen and oxygen atoms in total. The van der Waals surface area contributed by atoms with E-state index in [0.717, 1.165) is 5.56 Å². The van der Waals surface area contributed by atoms with E-state index in [9.17, 15) is 0 Å². The number of rotatable bonds is 5. The molecule has 1 aromatic heterocycles. The molecule has 0 aliphatic carbocycles. The average Bonchev–Trinajstić information content (AvgIpc) is 2.55. The van der Waals surface area contributed by atoms with Gasteiger partial charge >= 0.3 is 0 Å². The van der Waals surface area contributed by atoms with E-state index >= 15 is 0 Å². The highest BCUT2D eigenvalue weighted by Crippen LogP contribution is 2.33. The molecule has 0 bridgehead atoms.